The van der Waals surface area contributed by atoms with Crippen LogP contribution >= 0.6 is 0 Å². The lowest BCUT2D eigenvalue weighted by Crippen LogP contribution is -2.35. The van der Waals surface area contributed by atoms with E-state index in [1.165, 1.54) is 4.31 Å². The maximum absolute atomic E-state index is 12.7. The monoisotopic (exact) mass is 344 g/mol. The van der Waals surface area contributed by atoms with E-state index in [0.717, 1.165) is 13.0 Å². The highest BCUT2D eigenvalue weighted by Gasteiger charge is 2.26. The number of nitrogens with zero attached hydrogens (tertiary/aromatic N) is 2. The summed E-state index contributed by atoms with van der Waals surface area (Å²) in [6.07, 6.45) is 1.27. The van der Waals surface area contributed by atoms with E-state index in [1.54, 1.807) is 24.3 Å². The minimum atomic E-state index is -3.48. The summed E-state index contributed by atoms with van der Waals surface area (Å²) in [5.41, 5.74) is 0. The highest BCUT2D eigenvalue weighted by molar-refractivity contribution is 7.89. The van der Waals surface area contributed by atoms with Crippen molar-refractivity contribution in [3.05, 3.63) is 24.3 Å². The number of ether oxygens (including phenoxy) is 1. The van der Waals surface area contributed by atoms with Crippen molar-refractivity contribution in [1.82, 2.24) is 9.21 Å². The van der Waals surface area contributed by atoms with Gasteiger partial charge in [0.15, 0.2) is 0 Å². The quantitative estimate of drug-likeness (QED) is 0.760. The van der Waals surface area contributed by atoms with Crippen molar-refractivity contribution in [2.24, 2.45) is 0 Å². The lowest BCUT2D eigenvalue weighted by atomic mass is 10.3. The first-order valence-electron chi connectivity index (χ1n) is 8.09. The van der Waals surface area contributed by atoms with Gasteiger partial charge < -0.3 is 9.64 Å². The Hall–Kier alpha value is -1.18. The van der Waals surface area contributed by atoms with E-state index in [4.69, 9.17) is 4.74 Å². The molecule has 0 spiro atoms. The SMILES string of the molecule is CCOc1ccc(S(=O)(=O)N2CCCN(CCCF)CC2)cc1. The normalized spacial score (nSPS) is 17.8. The van der Waals surface area contributed by atoms with Gasteiger partial charge in [0.2, 0.25) is 10.0 Å². The van der Waals surface area contributed by atoms with E-state index in [9.17, 15) is 12.8 Å². The molecular weight excluding hydrogens is 319 g/mol. The molecule has 0 aromatic heterocycles. The van der Waals surface area contributed by atoms with Crippen LogP contribution < -0.4 is 4.74 Å². The number of sulfonamides is 1. The molecule has 0 unspecified atom stereocenters. The fourth-order valence-corrected chi connectivity index (χ4v) is 4.19. The van der Waals surface area contributed by atoms with Gasteiger partial charge in [-0.2, -0.15) is 4.31 Å². The first kappa shape index (κ1) is 18.2. The van der Waals surface area contributed by atoms with Gasteiger partial charge >= 0.3 is 0 Å². The van der Waals surface area contributed by atoms with Crippen LogP contribution in [-0.2, 0) is 10.0 Å². The molecule has 0 radical (unpaired) electrons. The van der Waals surface area contributed by atoms with Gasteiger partial charge in [-0.15, -0.1) is 0 Å². The van der Waals surface area contributed by atoms with E-state index < -0.39 is 10.0 Å². The molecule has 0 bridgehead atoms. The van der Waals surface area contributed by atoms with Gasteiger partial charge in [-0.25, -0.2) is 8.42 Å². The number of hydrogen-bond donors (Lipinski definition) is 0. The summed E-state index contributed by atoms with van der Waals surface area (Å²) in [6.45, 7) is 5.21. The number of rotatable bonds is 7. The molecule has 1 fully saturated rings. The summed E-state index contributed by atoms with van der Waals surface area (Å²) >= 11 is 0. The predicted molar refractivity (Wildman–Crippen MR) is 88.0 cm³/mol. The van der Waals surface area contributed by atoms with E-state index in [-0.39, 0.29) is 11.6 Å². The molecule has 2 rings (SSSR count). The standard InChI is InChI=1S/C16H25FN2O3S/c1-2-22-15-5-7-16(8-6-15)23(20,21)19-12-4-11-18(13-14-19)10-3-9-17/h5-8H,2-4,9-14H2,1H3. The fourth-order valence-electron chi connectivity index (χ4n) is 2.72. The van der Waals surface area contributed by atoms with Crippen molar-refractivity contribution < 1.29 is 17.5 Å². The van der Waals surface area contributed by atoms with Gasteiger partial charge in [0.1, 0.15) is 5.75 Å². The van der Waals surface area contributed by atoms with E-state index in [1.807, 2.05) is 6.92 Å². The van der Waals surface area contributed by atoms with Gasteiger partial charge in [-0.05, 0) is 50.6 Å². The van der Waals surface area contributed by atoms with Crippen LogP contribution in [-0.4, -0.2) is 63.6 Å². The summed E-state index contributed by atoms with van der Waals surface area (Å²) in [7, 11) is -3.48. The van der Waals surface area contributed by atoms with Crippen molar-refractivity contribution in [3.8, 4) is 5.75 Å². The lowest BCUT2D eigenvalue weighted by Gasteiger charge is -2.21. The zero-order chi connectivity index (χ0) is 16.7. The topological polar surface area (TPSA) is 49.9 Å². The summed E-state index contributed by atoms with van der Waals surface area (Å²) in [6, 6.07) is 6.54. The second-order valence-corrected chi connectivity index (χ2v) is 7.48. The average Bonchev–Trinajstić information content (AvgIpc) is 2.80. The molecule has 5 nitrogen and oxygen atoms in total. The third kappa shape index (κ3) is 4.89. The summed E-state index contributed by atoms with van der Waals surface area (Å²) in [5.74, 6) is 0.666. The summed E-state index contributed by atoms with van der Waals surface area (Å²) in [4.78, 5) is 2.42. The second-order valence-electron chi connectivity index (χ2n) is 5.55. The maximum atomic E-state index is 12.7. The number of benzene rings is 1. The molecule has 1 aromatic carbocycles. The Morgan fingerprint density at radius 3 is 2.52 bits per heavy atom. The molecule has 23 heavy (non-hydrogen) atoms. The van der Waals surface area contributed by atoms with Crippen molar-refractivity contribution in [2.45, 2.75) is 24.7 Å². The average molecular weight is 344 g/mol. The first-order valence-corrected chi connectivity index (χ1v) is 9.53. The number of halogens is 1. The Morgan fingerprint density at radius 1 is 1.13 bits per heavy atom. The highest BCUT2D eigenvalue weighted by atomic mass is 32.2. The Morgan fingerprint density at radius 2 is 1.87 bits per heavy atom. The van der Waals surface area contributed by atoms with Crippen molar-refractivity contribution in [3.63, 3.8) is 0 Å². The Bertz CT molecular complexity index is 577. The van der Waals surface area contributed by atoms with Crippen molar-refractivity contribution >= 4 is 10.0 Å². The number of alkyl halides is 1. The van der Waals surface area contributed by atoms with Gasteiger partial charge in [-0.1, -0.05) is 0 Å². The molecule has 1 saturated heterocycles. The molecule has 1 aromatic rings. The molecular formula is C16H25FN2O3S. The van der Waals surface area contributed by atoms with Crippen molar-refractivity contribution in [2.75, 3.05) is 46.0 Å². The number of hydrogen-bond acceptors (Lipinski definition) is 4. The van der Waals surface area contributed by atoms with Gasteiger partial charge in [0, 0.05) is 26.2 Å². The third-order valence-corrected chi connectivity index (χ3v) is 5.84. The second kappa shape index (κ2) is 8.61. The van der Waals surface area contributed by atoms with Gasteiger partial charge in [0.05, 0.1) is 18.2 Å². The Labute approximate surface area is 138 Å². The molecule has 1 heterocycles. The zero-order valence-corrected chi connectivity index (χ0v) is 14.4. The van der Waals surface area contributed by atoms with Gasteiger partial charge in [-0.3, -0.25) is 4.39 Å². The van der Waals surface area contributed by atoms with Crippen LogP contribution in [0.1, 0.15) is 19.8 Å². The van der Waals surface area contributed by atoms with Gasteiger partial charge in [0.25, 0.3) is 0 Å². The Kier molecular flexibility index (Phi) is 6.80. The molecule has 130 valence electrons. The smallest absolute Gasteiger partial charge is 0.243 e. The predicted octanol–water partition coefficient (Wildman–Crippen LogP) is 2.14. The van der Waals surface area contributed by atoms with E-state index in [2.05, 4.69) is 4.90 Å². The van der Waals surface area contributed by atoms with Crippen LogP contribution in [0.2, 0.25) is 0 Å². The van der Waals surface area contributed by atoms with Crippen LogP contribution in [0.3, 0.4) is 0 Å². The molecule has 1 aliphatic heterocycles. The van der Waals surface area contributed by atoms with Crippen LogP contribution in [0.4, 0.5) is 4.39 Å². The molecule has 0 N–H and O–H groups in total. The van der Waals surface area contributed by atoms with E-state index >= 15 is 0 Å². The minimum Gasteiger partial charge on any atom is -0.494 e. The summed E-state index contributed by atoms with van der Waals surface area (Å²) < 4.78 is 44.6. The minimum absolute atomic E-state index is 0.290. The lowest BCUT2D eigenvalue weighted by molar-refractivity contribution is 0.270. The maximum Gasteiger partial charge on any atom is 0.243 e. The van der Waals surface area contributed by atoms with Crippen LogP contribution in [0.25, 0.3) is 0 Å². The van der Waals surface area contributed by atoms with E-state index in [0.29, 0.717) is 45.0 Å². The highest BCUT2D eigenvalue weighted by Crippen LogP contribution is 2.21. The van der Waals surface area contributed by atoms with Crippen LogP contribution in [0, 0.1) is 0 Å². The Balaban J connectivity index is 2.04. The molecule has 0 amide bonds. The molecule has 1 aliphatic rings. The van der Waals surface area contributed by atoms with Crippen molar-refractivity contribution in [1.29, 1.82) is 0 Å². The molecule has 0 atom stereocenters. The molecule has 0 aliphatic carbocycles. The summed E-state index contributed by atoms with van der Waals surface area (Å²) in [5, 5.41) is 0. The third-order valence-electron chi connectivity index (χ3n) is 3.93. The molecule has 7 heteroatoms. The molecule has 0 saturated carbocycles. The fraction of sp³-hybridized carbons (Fsp3) is 0.625. The zero-order valence-electron chi connectivity index (χ0n) is 13.6. The first-order chi connectivity index (χ1) is 11.1. The van der Waals surface area contributed by atoms with Crippen LogP contribution in [0.5, 0.6) is 5.75 Å². The largest absolute Gasteiger partial charge is 0.494 e. The van der Waals surface area contributed by atoms with Crippen LogP contribution in [0.15, 0.2) is 29.2 Å².